The fraction of sp³-hybridized carbons (Fsp3) is 0.350. The number of anilines is 1. The SMILES string of the molecule is CCN1CCN(C(=O)c2ccnc(C(=O)Nc3ccc4c(c3)OCO4)c2)CC1. The van der Waals surface area contributed by atoms with E-state index >= 15 is 0 Å². The van der Waals surface area contributed by atoms with Crippen molar-refractivity contribution in [2.75, 3.05) is 44.8 Å². The first kappa shape index (κ1) is 18.2. The summed E-state index contributed by atoms with van der Waals surface area (Å²) in [4.78, 5) is 33.6. The number of carbonyl (C=O) groups is 2. The van der Waals surface area contributed by atoms with Gasteiger partial charge < -0.3 is 24.6 Å². The van der Waals surface area contributed by atoms with Crippen LogP contribution in [0, 0.1) is 0 Å². The number of fused-ring (bicyclic) bond motifs is 1. The summed E-state index contributed by atoms with van der Waals surface area (Å²) in [5, 5.41) is 2.78. The molecule has 2 aliphatic heterocycles. The van der Waals surface area contributed by atoms with E-state index < -0.39 is 0 Å². The second-order valence-electron chi connectivity index (χ2n) is 6.68. The molecule has 28 heavy (non-hydrogen) atoms. The third-order valence-electron chi connectivity index (χ3n) is 4.98. The summed E-state index contributed by atoms with van der Waals surface area (Å²) >= 11 is 0. The van der Waals surface area contributed by atoms with Gasteiger partial charge in [0.15, 0.2) is 11.5 Å². The molecule has 8 nitrogen and oxygen atoms in total. The van der Waals surface area contributed by atoms with Gasteiger partial charge >= 0.3 is 0 Å². The number of ether oxygens (including phenoxy) is 2. The number of hydrogen-bond acceptors (Lipinski definition) is 6. The molecule has 0 aliphatic carbocycles. The average Bonchev–Trinajstić information content (AvgIpc) is 3.21. The summed E-state index contributed by atoms with van der Waals surface area (Å²) in [6.07, 6.45) is 1.49. The molecular weight excluding hydrogens is 360 g/mol. The molecule has 1 saturated heterocycles. The topological polar surface area (TPSA) is 84.0 Å². The van der Waals surface area contributed by atoms with Gasteiger partial charge in [-0.25, -0.2) is 0 Å². The summed E-state index contributed by atoms with van der Waals surface area (Å²) in [6.45, 7) is 6.38. The van der Waals surface area contributed by atoms with Gasteiger partial charge in [-0.2, -0.15) is 0 Å². The van der Waals surface area contributed by atoms with Crippen LogP contribution in [0.3, 0.4) is 0 Å². The van der Waals surface area contributed by atoms with Gasteiger partial charge in [0.1, 0.15) is 5.69 Å². The molecule has 2 aromatic rings. The Kier molecular flexibility index (Phi) is 5.12. The van der Waals surface area contributed by atoms with Crippen molar-refractivity contribution in [1.29, 1.82) is 0 Å². The van der Waals surface area contributed by atoms with Crippen LogP contribution in [-0.2, 0) is 0 Å². The van der Waals surface area contributed by atoms with Gasteiger partial charge in [-0.15, -0.1) is 0 Å². The number of benzene rings is 1. The minimum absolute atomic E-state index is 0.0738. The van der Waals surface area contributed by atoms with Crippen molar-refractivity contribution in [2.45, 2.75) is 6.92 Å². The molecule has 0 spiro atoms. The third kappa shape index (κ3) is 3.77. The van der Waals surface area contributed by atoms with E-state index in [-0.39, 0.29) is 24.3 Å². The summed E-state index contributed by atoms with van der Waals surface area (Å²) in [5.74, 6) is 0.771. The molecule has 1 N–H and O–H groups in total. The lowest BCUT2D eigenvalue weighted by Gasteiger charge is -2.34. The van der Waals surface area contributed by atoms with Crippen LogP contribution >= 0.6 is 0 Å². The summed E-state index contributed by atoms with van der Waals surface area (Å²) < 4.78 is 10.6. The van der Waals surface area contributed by atoms with Crippen LogP contribution in [0.1, 0.15) is 27.8 Å². The van der Waals surface area contributed by atoms with E-state index in [1.807, 2.05) is 4.90 Å². The number of nitrogens with zero attached hydrogens (tertiary/aromatic N) is 3. The molecule has 0 bridgehead atoms. The molecular formula is C20H22N4O4. The lowest BCUT2D eigenvalue weighted by Crippen LogP contribution is -2.48. The molecule has 1 aromatic heterocycles. The van der Waals surface area contributed by atoms with Crippen LogP contribution in [-0.4, -0.2) is 66.1 Å². The number of nitrogens with one attached hydrogen (secondary N) is 1. The lowest BCUT2D eigenvalue weighted by molar-refractivity contribution is 0.0643. The zero-order valence-corrected chi connectivity index (χ0v) is 15.7. The van der Waals surface area contributed by atoms with E-state index in [0.717, 1.165) is 19.6 Å². The molecule has 2 aliphatic rings. The second kappa shape index (κ2) is 7.85. The van der Waals surface area contributed by atoms with E-state index in [4.69, 9.17) is 9.47 Å². The highest BCUT2D eigenvalue weighted by atomic mass is 16.7. The Morgan fingerprint density at radius 2 is 1.86 bits per heavy atom. The number of pyridine rings is 1. The monoisotopic (exact) mass is 382 g/mol. The maximum Gasteiger partial charge on any atom is 0.274 e. The number of carbonyl (C=O) groups excluding carboxylic acids is 2. The smallest absolute Gasteiger partial charge is 0.274 e. The summed E-state index contributed by atoms with van der Waals surface area (Å²) in [6, 6.07) is 8.35. The predicted molar refractivity (Wildman–Crippen MR) is 103 cm³/mol. The normalized spacial score (nSPS) is 16.1. The van der Waals surface area contributed by atoms with Crippen molar-refractivity contribution < 1.29 is 19.1 Å². The number of piperazine rings is 1. The Hall–Kier alpha value is -3.13. The molecule has 0 saturated carbocycles. The lowest BCUT2D eigenvalue weighted by atomic mass is 10.1. The average molecular weight is 382 g/mol. The molecule has 2 amide bonds. The molecule has 1 aromatic carbocycles. The highest BCUT2D eigenvalue weighted by Gasteiger charge is 2.22. The van der Waals surface area contributed by atoms with Crippen molar-refractivity contribution >= 4 is 17.5 Å². The first-order valence-corrected chi connectivity index (χ1v) is 9.32. The molecule has 0 radical (unpaired) electrons. The van der Waals surface area contributed by atoms with Crippen molar-refractivity contribution in [2.24, 2.45) is 0 Å². The van der Waals surface area contributed by atoms with Crippen LogP contribution < -0.4 is 14.8 Å². The van der Waals surface area contributed by atoms with E-state index in [2.05, 4.69) is 22.1 Å². The summed E-state index contributed by atoms with van der Waals surface area (Å²) in [7, 11) is 0. The quantitative estimate of drug-likeness (QED) is 0.869. The van der Waals surface area contributed by atoms with Crippen LogP contribution in [0.25, 0.3) is 0 Å². The van der Waals surface area contributed by atoms with Crippen LogP contribution in [0.4, 0.5) is 5.69 Å². The molecule has 8 heteroatoms. The Morgan fingerprint density at radius 3 is 2.64 bits per heavy atom. The predicted octanol–water partition coefficient (Wildman–Crippen LogP) is 1.84. The largest absolute Gasteiger partial charge is 0.454 e. The number of aromatic nitrogens is 1. The van der Waals surface area contributed by atoms with E-state index in [9.17, 15) is 9.59 Å². The van der Waals surface area contributed by atoms with Crippen LogP contribution in [0.2, 0.25) is 0 Å². The Morgan fingerprint density at radius 1 is 1.07 bits per heavy atom. The van der Waals surface area contributed by atoms with Crippen molar-refractivity contribution in [3.63, 3.8) is 0 Å². The van der Waals surface area contributed by atoms with Gasteiger partial charge in [-0.05, 0) is 30.8 Å². The van der Waals surface area contributed by atoms with Gasteiger partial charge in [0.25, 0.3) is 11.8 Å². The first-order valence-electron chi connectivity index (χ1n) is 9.32. The Balaban J connectivity index is 1.44. The van der Waals surface area contributed by atoms with Crippen LogP contribution in [0.5, 0.6) is 11.5 Å². The van der Waals surface area contributed by atoms with Gasteiger partial charge in [0.2, 0.25) is 6.79 Å². The molecule has 0 atom stereocenters. The molecule has 146 valence electrons. The number of likely N-dealkylation sites (N-methyl/N-ethyl adjacent to an activating group) is 1. The molecule has 1 fully saturated rings. The first-order chi connectivity index (χ1) is 13.6. The Labute approximate surface area is 163 Å². The Bertz CT molecular complexity index is 894. The molecule has 3 heterocycles. The van der Waals surface area contributed by atoms with E-state index in [0.29, 0.717) is 35.8 Å². The molecule has 4 rings (SSSR count). The minimum atomic E-state index is -0.385. The standard InChI is InChI=1S/C20H22N4O4/c1-2-23-7-9-24(10-8-23)20(26)14-5-6-21-16(11-14)19(25)22-15-3-4-17-18(12-15)28-13-27-17/h3-6,11-12H,2,7-10,13H2,1H3,(H,22,25). The minimum Gasteiger partial charge on any atom is -0.454 e. The highest BCUT2D eigenvalue weighted by Crippen LogP contribution is 2.34. The molecule has 0 unspecified atom stereocenters. The third-order valence-corrected chi connectivity index (χ3v) is 4.98. The van der Waals surface area contributed by atoms with Crippen molar-refractivity contribution in [1.82, 2.24) is 14.8 Å². The van der Waals surface area contributed by atoms with Gasteiger partial charge in [-0.1, -0.05) is 6.92 Å². The number of amides is 2. The van der Waals surface area contributed by atoms with Gasteiger partial charge in [0.05, 0.1) is 0 Å². The van der Waals surface area contributed by atoms with Crippen LogP contribution in [0.15, 0.2) is 36.5 Å². The zero-order chi connectivity index (χ0) is 19.5. The zero-order valence-electron chi connectivity index (χ0n) is 15.7. The fourth-order valence-electron chi connectivity index (χ4n) is 3.31. The number of hydrogen-bond donors (Lipinski definition) is 1. The van der Waals surface area contributed by atoms with Crippen molar-refractivity contribution in [3.8, 4) is 11.5 Å². The maximum atomic E-state index is 12.8. The van der Waals surface area contributed by atoms with Gasteiger partial charge in [-0.3, -0.25) is 14.6 Å². The highest BCUT2D eigenvalue weighted by molar-refractivity contribution is 6.05. The van der Waals surface area contributed by atoms with Crippen molar-refractivity contribution in [3.05, 3.63) is 47.8 Å². The fourth-order valence-corrected chi connectivity index (χ4v) is 3.31. The van der Waals surface area contributed by atoms with E-state index in [1.54, 1.807) is 24.3 Å². The summed E-state index contributed by atoms with van der Waals surface area (Å²) in [5.41, 5.74) is 1.23. The van der Waals surface area contributed by atoms with Gasteiger partial charge in [0, 0.05) is 49.7 Å². The maximum absolute atomic E-state index is 12.8. The second-order valence-corrected chi connectivity index (χ2v) is 6.68. The number of rotatable bonds is 4. The van der Waals surface area contributed by atoms with E-state index in [1.165, 1.54) is 12.3 Å².